The lowest BCUT2D eigenvalue weighted by Gasteiger charge is -2.00. The summed E-state index contributed by atoms with van der Waals surface area (Å²) in [4.78, 5) is 0. The summed E-state index contributed by atoms with van der Waals surface area (Å²) < 4.78 is 1.22. The maximum atomic E-state index is 3.53. The standard InChI is InChI=1S/C7H7.CH2Br.CH3.Al/c1-7-5-3-2-4-6-7;1-2;;/h2-6H,1H2;1H2;1H3;. The molecule has 1 rings (SSSR count). The van der Waals surface area contributed by atoms with Crippen molar-refractivity contribution in [2.24, 2.45) is 0 Å². The second-order valence-corrected chi connectivity index (χ2v) is 7.82. The molecule has 0 spiro atoms. The number of rotatable bonds is 3. The van der Waals surface area contributed by atoms with Gasteiger partial charge in [-0.15, -0.1) is 21.7 Å². The first-order valence-corrected chi connectivity index (χ1v) is 7.83. The quantitative estimate of drug-likeness (QED) is 0.550. The first-order valence-electron chi connectivity index (χ1n) is 3.93. The van der Waals surface area contributed by atoms with Crippen molar-refractivity contribution in [1.82, 2.24) is 0 Å². The van der Waals surface area contributed by atoms with Crippen LogP contribution in [0.3, 0.4) is 0 Å². The molecule has 2 heteroatoms. The van der Waals surface area contributed by atoms with Crippen LogP contribution in [0.15, 0.2) is 30.3 Å². The van der Waals surface area contributed by atoms with Gasteiger partial charge in [0.2, 0.25) is 0 Å². The van der Waals surface area contributed by atoms with E-state index in [9.17, 15) is 0 Å². The van der Waals surface area contributed by atoms with Gasteiger partial charge < -0.3 is 0 Å². The molecular weight excluding hydrogens is 215 g/mol. The summed E-state index contributed by atoms with van der Waals surface area (Å²) in [7, 11) is 0. The Hall–Kier alpha value is 0.232. The van der Waals surface area contributed by atoms with E-state index in [1.165, 1.54) is 15.0 Å². The van der Waals surface area contributed by atoms with Crippen LogP contribution in [0.5, 0.6) is 0 Å². The van der Waals surface area contributed by atoms with E-state index in [2.05, 4.69) is 52.0 Å². The summed E-state index contributed by atoms with van der Waals surface area (Å²) in [5.74, 6) is 2.39. The fourth-order valence-electron chi connectivity index (χ4n) is 1.07. The molecule has 0 N–H and O–H groups in total. The van der Waals surface area contributed by atoms with Crippen molar-refractivity contribution in [3.05, 3.63) is 35.9 Å². The molecule has 0 nitrogen and oxygen atoms in total. The van der Waals surface area contributed by atoms with Crippen molar-refractivity contribution in [1.29, 1.82) is 0 Å². The molecule has 0 heterocycles. The molecule has 0 amide bonds. The van der Waals surface area contributed by atoms with E-state index < -0.39 is 14.1 Å². The van der Waals surface area contributed by atoms with Gasteiger partial charge in [0.05, 0.1) is 0 Å². The molecule has 0 aliphatic rings. The molecule has 58 valence electrons. The maximum absolute atomic E-state index is 3.53. The Labute approximate surface area is 81.1 Å². The summed E-state index contributed by atoms with van der Waals surface area (Å²) in [6.45, 7) is 0. The Morgan fingerprint density at radius 2 is 1.91 bits per heavy atom. The highest BCUT2D eigenvalue weighted by Crippen LogP contribution is 2.03. The van der Waals surface area contributed by atoms with Crippen molar-refractivity contribution in [3.8, 4) is 0 Å². The van der Waals surface area contributed by atoms with Crippen molar-refractivity contribution in [3.63, 3.8) is 0 Å². The molecule has 0 saturated heterocycles. The SMILES string of the molecule is [CH3][Al]([CH2]Br)[CH2]c1ccccc1. The van der Waals surface area contributed by atoms with E-state index in [4.69, 9.17) is 0 Å². The van der Waals surface area contributed by atoms with Gasteiger partial charge in [-0.3, -0.25) is 0 Å². The fraction of sp³-hybridized carbons (Fsp3) is 0.333. The van der Waals surface area contributed by atoms with Crippen LogP contribution in [0.2, 0.25) is 5.79 Å². The van der Waals surface area contributed by atoms with Gasteiger partial charge >= 0.3 is 0 Å². The molecular formula is C9H12AlBr. The summed E-state index contributed by atoms with van der Waals surface area (Å²) in [5, 5.41) is 1.31. The Bertz CT molecular complexity index is 198. The number of halogens is 1. The van der Waals surface area contributed by atoms with E-state index in [-0.39, 0.29) is 0 Å². The average Bonchev–Trinajstić information content (AvgIpc) is 2.06. The van der Waals surface area contributed by atoms with Crippen molar-refractivity contribution < 1.29 is 0 Å². The second-order valence-electron chi connectivity index (χ2n) is 2.95. The monoisotopic (exact) mass is 226 g/mol. The lowest BCUT2D eigenvalue weighted by atomic mass is 10.2. The predicted octanol–water partition coefficient (Wildman–Crippen LogP) is 2.83. The molecule has 0 fully saturated rings. The molecule has 11 heavy (non-hydrogen) atoms. The zero-order chi connectivity index (χ0) is 8.10. The van der Waals surface area contributed by atoms with E-state index in [0.29, 0.717) is 0 Å². The summed E-state index contributed by atoms with van der Waals surface area (Å²) >= 11 is 3.04. The highest BCUT2D eigenvalue weighted by Gasteiger charge is 2.07. The van der Waals surface area contributed by atoms with Gasteiger partial charge in [-0.1, -0.05) is 41.2 Å². The Kier molecular flexibility index (Phi) is 4.22. The Morgan fingerprint density at radius 3 is 2.45 bits per heavy atom. The molecule has 0 aliphatic carbocycles. The Morgan fingerprint density at radius 1 is 1.27 bits per heavy atom. The summed E-state index contributed by atoms with van der Waals surface area (Å²) in [5.41, 5.74) is 1.49. The minimum absolute atomic E-state index is 0.491. The predicted molar refractivity (Wildman–Crippen MR) is 55.6 cm³/mol. The van der Waals surface area contributed by atoms with Crippen molar-refractivity contribution in [2.45, 2.75) is 11.1 Å². The van der Waals surface area contributed by atoms with Crippen LogP contribution in [-0.2, 0) is 5.28 Å². The normalized spacial score (nSPS) is 9.64. The molecule has 1 aromatic rings. The lowest BCUT2D eigenvalue weighted by molar-refractivity contribution is 1.35. The van der Waals surface area contributed by atoms with E-state index in [1.807, 2.05) is 0 Å². The zero-order valence-electron chi connectivity index (χ0n) is 6.76. The minimum Gasteiger partial charge on any atom is -0.109 e. The van der Waals surface area contributed by atoms with E-state index >= 15 is 0 Å². The second kappa shape index (κ2) is 4.98. The third kappa shape index (κ3) is 3.42. The molecule has 0 aromatic heterocycles. The smallest absolute Gasteiger partial charge is 0.109 e. The van der Waals surface area contributed by atoms with Gasteiger partial charge in [-0.2, -0.15) is 0 Å². The van der Waals surface area contributed by atoms with Crippen LogP contribution >= 0.6 is 15.9 Å². The van der Waals surface area contributed by atoms with Crippen LogP contribution in [0.25, 0.3) is 0 Å². The highest BCUT2D eigenvalue weighted by molar-refractivity contribution is 9.09. The largest absolute Gasteiger partial charge is 0.277 e. The molecule has 0 aliphatic heterocycles. The highest BCUT2D eigenvalue weighted by atomic mass is 79.9. The van der Waals surface area contributed by atoms with Crippen molar-refractivity contribution in [2.75, 3.05) is 4.19 Å². The van der Waals surface area contributed by atoms with Gasteiger partial charge in [0.25, 0.3) is 14.1 Å². The first kappa shape index (κ1) is 9.32. The van der Waals surface area contributed by atoms with Crippen LogP contribution in [0, 0.1) is 0 Å². The molecule has 0 saturated carbocycles. The van der Waals surface area contributed by atoms with Gasteiger partial charge in [0.15, 0.2) is 0 Å². The first-order chi connectivity index (χ1) is 5.33. The van der Waals surface area contributed by atoms with Gasteiger partial charge in [0, 0.05) is 0 Å². The van der Waals surface area contributed by atoms with Crippen LogP contribution in [0.4, 0.5) is 0 Å². The summed E-state index contributed by atoms with van der Waals surface area (Å²) in [6, 6.07) is 10.7. The molecule has 1 aromatic carbocycles. The van der Waals surface area contributed by atoms with Crippen LogP contribution in [0.1, 0.15) is 5.56 Å². The van der Waals surface area contributed by atoms with Crippen LogP contribution in [-0.4, -0.2) is 18.3 Å². The minimum atomic E-state index is -0.491. The van der Waals surface area contributed by atoms with E-state index in [0.717, 1.165) is 0 Å². The third-order valence-corrected chi connectivity index (χ3v) is 6.70. The molecule has 0 radical (unpaired) electrons. The summed E-state index contributed by atoms with van der Waals surface area (Å²) in [6.07, 6.45) is 0. The van der Waals surface area contributed by atoms with Gasteiger partial charge in [-0.25, -0.2) is 0 Å². The maximum Gasteiger partial charge on any atom is 0.277 e. The van der Waals surface area contributed by atoms with Gasteiger partial charge in [-0.05, 0) is 4.19 Å². The molecule has 0 atom stereocenters. The zero-order valence-corrected chi connectivity index (χ0v) is 9.50. The Balaban J connectivity index is 2.51. The van der Waals surface area contributed by atoms with E-state index in [1.54, 1.807) is 0 Å². The number of alkyl halides is 1. The fourth-order valence-corrected chi connectivity index (χ4v) is 2.94. The van der Waals surface area contributed by atoms with Crippen molar-refractivity contribution >= 4 is 30.1 Å². The van der Waals surface area contributed by atoms with Crippen LogP contribution < -0.4 is 0 Å². The lowest BCUT2D eigenvalue weighted by Crippen LogP contribution is -2.13. The molecule has 0 bridgehead atoms. The topological polar surface area (TPSA) is 0 Å². The number of hydrogen-bond acceptors (Lipinski definition) is 0. The van der Waals surface area contributed by atoms with Gasteiger partial charge in [0.1, 0.15) is 0 Å². The molecule has 0 unspecified atom stereocenters. The third-order valence-electron chi connectivity index (χ3n) is 1.69. The number of benzene rings is 1. The average molecular weight is 227 g/mol. The number of hydrogen-bond donors (Lipinski definition) is 0.